The van der Waals surface area contributed by atoms with Crippen molar-refractivity contribution in [2.45, 2.75) is 40.8 Å². The fourth-order valence-corrected chi connectivity index (χ4v) is 3.84. The maximum absolute atomic E-state index is 13.1. The number of aryl methyl sites for hydroxylation is 3. The SMILES string of the molecule is Cc1cc(C(=O)NCC(C)Cn2nccc2C)c2c(C)nn(Cc3ccccc3)c2n1. The summed E-state index contributed by atoms with van der Waals surface area (Å²) in [4.78, 5) is 17.8. The molecule has 0 radical (unpaired) electrons. The van der Waals surface area contributed by atoms with E-state index in [0.29, 0.717) is 18.7 Å². The molecule has 0 spiro atoms. The Bertz CT molecular complexity index is 1210. The Labute approximate surface area is 182 Å². The van der Waals surface area contributed by atoms with Crippen LogP contribution in [0.4, 0.5) is 0 Å². The average molecular weight is 417 g/mol. The normalized spacial score (nSPS) is 12.3. The van der Waals surface area contributed by atoms with Crippen LogP contribution in [0.3, 0.4) is 0 Å². The number of hydrogen-bond donors (Lipinski definition) is 1. The lowest BCUT2D eigenvalue weighted by molar-refractivity contribution is 0.0948. The molecule has 160 valence electrons. The molecule has 4 aromatic rings. The number of rotatable bonds is 7. The van der Waals surface area contributed by atoms with Gasteiger partial charge in [-0.05, 0) is 44.4 Å². The van der Waals surface area contributed by atoms with Crippen LogP contribution >= 0.6 is 0 Å². The van der Waals surface area contributed by atoms with Crippen molar-refractivity contribution in [2.24, 2.45) is 5.92 Å². The second-order valence-electron chi connectivity index (χ2n) is 8.21. The van der Waals surface area contributed by atoms with Crippen molar-refractivity contribution in [3.63, 3.8) is 0 Å². The second kappa shape index (κ2) is 8.71. The van der Waals surface area contributed by atoms with Crippen LogP contribution in [-0.2, 0) is 13.1 Å². The number of hydrogen-bond acceptors (Lipinski definition) is 4. The summed E-state index contributed by atoms with van der Waals surface area (Å²) in [5.74, 6) is 0.157. The van der Waals surface area contributed by atoms with Gasteiger partial charge in [0.05, 0.1) is 23.2 Å². The van der Waals surface area contributed by atoms with Crippen molar-refractivity contribution in [1.29, 1.82) is 0 Å². The van der Waals surface area contributed by atoms with Gasteiger partial charge < -0.3 is 5.32 Å². The summed E-state index contributed by atoms with van der Waals surface area (Å²) >= 11 is 0. The Morgan fingerprint density at radius 1 is 1.10 bits per heavy atom. The summed E-state index contributed by atoms with van der Waals surface area (Å²) in [5, 5.41) is 12.9. The molecule has 0 saturated heterocycles. The van der Waals surface area contributed by atoms with E-state index in [0.717, 1.165) is 40.2 Å². The fourth-order valence-electron chi connectivity index (χ4n) is 3.84. The number of pyridine rings is 1. The van der Waals surface area contributed by atoms with E-state index in [1.54, 1.807) is 6.20 Å². The zero-order valence-corrected chi connectivity index (χ0v) is 18.5. The molecule has 3 heterocycles. The van der Waals surface area contributed by atoms with Gasteiger partial charge in [0.1, 0.15) is 0 Å². The molecule has 1 amide bonds. The van der Waals surface area contributed by atoms with E-state index in [9.17, 15) is 4.79 Å². The number of carbonyl (C=O) groups is 1. The predicted molar refractivity (Wildman–Crippen MR) is 121 cm³/mol. The molecule has 0 bridgehead atoms. The third kappa shape index (κ3) is 4.50. The molecule has 1 unspecified atom stereocenters. The van der Waals surface area contributed by atoms with Crippen LogP contribution in [0.5, 0.6) is 0 Å². The Morgan fingerprint density at radius 3 is 2.58 bits per heavy atom. The zero-order valence-electron chi connectivity index (χ0n) is 18.5. The smallest absolute Gasteiger partial charge is 0.252 e. The first-order valence-electron chi connectivity index (χ1n) is 10.6. The van der Waals surface area contributed by atoms with Crippen LogP contribution in [0, 0.1) is 26.7 Å². The molecule has 0 fully saturated rings. The maximum atomic E-state index is 13.1. The highest BCUT2D eigenvalue weighted by Crippen LogP contribution is 2.23. The number of aromatic nitrogens is 5. The lowest BCUT2D eigenvalue weighted by Crippen LogP contribution is -2.30. The largest absolute Gasteiger partial charge is 0.352 e. The monoisotopic (exact) mass is 416 g/mol. The van der Waals surface area contributed by atoms with Crippen molar-refractivity contribution < 1.29 is 4.79 Å². The van der Waals surface area contributed by atoms with Gasteiger partial charge in [-0.1, -0.05) is 37.3 Å². The minimum absolute atomic E-state index is 0.0955. The van der Waals surface area contributed by atoms with Gasteiger partial charge in [0.15, 0.2) is 5.65 Å². The van der Waals surface area contributed by atoms with Gasteiger partial charge in [0.25, 0.3) is 5.91 Å². The summed E-state index contributed by atoms with van der Waals surface area (Å²) in [6.07, 6.45) is 1.80. The molecule has 4 rings (SSSR count). The van der Waals surface area contributed by atoms with Crippen LogP contribution in [0.15, 0.2) is 48.7 Å². The third-order valence-corrected chi connectivity index (χ3v) is 5.45. The molecule has 1 aromatic carbocycles. The second-order valence-corrected chi connectivity index (χ2v) is 8.21. The Morgan fingerprint density at radius 2 is 1.87 bits per heavy atom. The molecule has 0 saturated carbocycles. The number of nitrogens with zero attached hydrogens (tertiary/aromatic N) is 5. The standard InChI is InChI=1S/C24H28N6O/c1-16(14-29-18(3)10-11-26-29)13-25-24(31)21-12-17(2)27-23-22(21)19(4)28-30(23)15-20-8-6-5-7-9-20/h5-12,16H,13-15H2,1-4H3,(H,25,31). The highest BCUT2D eigenvalue weighted by Gasteiger charge is 2.19. The van der Waals surface area contributed by atoms with E-state index in [2.05, 4.69) is 34.6 Å². The van der Waals surface area contributed by atoms with Gasteiger partial charge in [-0.15, -0.1) is 0 Å². The molecule has 0 aliphatic heterocycles. The minimum atomic E-state index is -0.0955. The summed E-state index contributed by atoms with van der Waals surface area (Å²) in [6, 6.07) is 14.0. The molecule has 3 aromatic heterocycles. The van der Waals surface area contributed by atoms with E-state index in [-0.39, 0.29) is 11.8 Å². The van der Waals surface area contributed by atoms with E-state index in [1.807, 2.05) is 60.5 Å². The topological polar surface area (TPSA) is 77.6 Å². The molecular formula is C24H28N6O. The van der Waals surface area contributed by atoms with Gasteiger partial charge >= 0.3 is 0 Å². The number of benzene rings is 1. The molecule has 0 aliphatic carbocycles. The number of carbonyl (C=O) groups excluding carboxylic acids is 1. The molecule has 31 heavy (non-hydrogen) atoms. The first-order valence-corrected chi connectivity index (χ1v) is 10.6. The van der Waals surface area contributed by atoms with Crippen LogP contribution in [0.1, 0.15) is 39.9 Å². The molecular weight excluding hydrogens is 388 g/mol. The lowest BCUT2D eigenvalue weighted by Gasteiger charge is -2.14. The van der Waals surface area contributed by atoms with Crippen molar-refractivity contribution in [1.82, 2.24) is 29.9 Å². The van der Waals surface area contributed by atoms with Crippen molar-refractivity contribution in [3.05, 3.63) is 76.9 Å². The predicted octanol–water partition coefficient (Wildman–Crippen LogP) is 3.67. The van der Waals surface area contributed by atoms with Crippen molar-refractivity contribution in [2.75, 3.05) is 6.54 Å². The van der Waals surface area contributed by atoms with Crippen LogP contribution in [0.25, 0.3) is 11.0 Å². The quantitative estimate of drug-likeness (QED) is 0.499. The van der Waals surface area contributed by atoms with Gasteiger partial charge in [-0.3, -0.25) is 9.48 Å². The van der Waals surface area contributed by atoms with Crippen LogP contribution in [0.2, 0.25) is 0 Å². The molecule has 1 atom stereocenters. The number of amides is 1. The molecule has 1 N–H and O–H groups in total. The van der Waals surface area contributed by atoms with Crippen molar-refractivity contribution in [3.8, 4) is 0 Å². The Hall–Kier alpha value is -3.48. The molecule has 0 aliphatic rings. The van der Waals surface area contributed by atoms with Crippen LogP contribution in [-0.4, -0.2) is 37.0 Å². The zero-order chi connectivity index (χ0) is 22.0. The van der Waals surface area contributed by atoms with E-state index >= 15 is 0 Å². The van der Waals surface area contributed by atoms with Gasteiger partial charge in [0, 0.05) is 30.7 Å². The third-order valence-electron chi connectivity index (χ3n) is 5.45. The summed E-state index contributed by atoms with van der Waals surface area (Å²) in [7, 11) is 0. The Balaban J connectivity index is 1.55. The summed E-state index contributed by atoms with van der Waals surface area (Å²) < 4.78 is 3.84. The van der Waals surface area contributed by atoms with Gasteiger partial charge in [-0.25, -0.2) is 9.67 Å². The van der Waals surface area contributed by atoms with Crippen molar-refractivity contribution >= 4 is 16.9 Å². The summed E-state index contributed by atoms with van der Waals surface area (Å²) in [6.45, 7) is 9.93. The minimum Gasteiger partial charge on any atom is -0.352 e. The highest BCUT2D eigenvalue weighted by molar-refractivity contribution is 6.06. The van der Waals surface area contributed by atoms with E-state index < -0.39 is 0 Å². The fraction of sp³-hybridized carbons (Fsp3) is 0.333. The average Bonchev–Trinajstić information content (AvgIpc) is 3.29. The maximum Gasteiger partial charge on any atom is 0.252 e. The Kier molecular flexibility index (Phi) is 5.84. The van der Waals surface area contributed by atoms with E-state index in [1.165, 1.54) is 0 Å². The lowest BCUT2D eigenvalue weighted by atomic mass is 10.1. The summed E-state index contributed by atoms with van der Waals surface area (Å²) in [5.41, 5.74) is 5.24. The number of nitrogens with one attached hydrogen (secondary N) is 1. The van der Waals surface area contributed by atoms with Gasteiger partial charge in [-0.2, -0.15) is 10.2 Å². The van der Waals surface area contributed by atoms with Gasteiger partial charge in [0.2, 0.25) is 0 Å². The highest BCUT2D eigenvalue weighted by atomic mass is 16.1. The first-order chi connectivity index (χ1) is 14.9. The number of fused-ring (bicyclic) bond motifs is 1. The van der Waals surface area contributed by atoms with E-state index in [4.69, 9.17) is 4.98 Å². The first kappa shape index (κ1) is 20.8. The van der Waals surface area contributed by atoms with Crippen LogP contribution < -0.4 is 5.32 Å². The molecule has 7 heteroatoms. The molecule has 7 nitrogen and oxygen atoms in total.